The lowest BCUT2D eigenvalue weighted by atomic mass is 10.0. The molecule has 0 aliphatic carbocycles. The van der Waals surface area contributed by atoms with Gasteiger partial charge in [-0.25, -0.2) is 0 Å². The summed E-state index contributed by atoms with van der Waals surface area (Å²) in [7, 11) is 0. The summed E-state index contributed by atoms with van der Waals surface area (Å²) in [6.45, 7) is 3.37. The maximum atomic E-state index is 12.7. The first-order valence-electron chi connectivity index (χ1n) is 6.07. The number of alkyl halides is 3. The second-order valence-electron chi connectivity index (χ2n) is 4.77. The van der Waals surface area contributed by atoms with Crippen molar-refractivity contribution in [3.63, 3.8) is 0 Å². The first-order chi connectivity index (χ1) is 8.43. The van der Waals surface area contributed by atoms with Crippen LogP contribution in [0.2, 0.25) is 0 Å². The Kier molecular flexibility index (Phi) is 3.52. The van der Waals surface area contributed by atoms with Crippen LogP contribution in [0.15, 0.2) is 24.3 Å². The van der Waals surface area contributed by atoms with E-state index in [2.05, 4.69) is 0 Å². The molecule has 2 rings (SSSR count). The van der Waals surface area contributed by atoms with Gasteiger partial charge in [-0.1, -0.05) is 6.07 Å². The first-order valence-corrected chi connectivity index (χ1v) is 6.07. The standard InChI is InChI=1S/C13H17F3N2/c1-9-10(8-17)5-6-18(9)12-4-2-3-11(7-12)13(14,15)16/h2-4,7,9-10H,5-6,8,17H2,1H3. The van der Waals surface area contributed by atoms with Crippen molar-refractivity contribution in [2.75, 3.05) is 18.0 Å². The summed E-state index contributed by atoms with van der Waals surface area (Å²) in [5.74, 6) is 0.361. The van der Waals surface area contributed by atoms with Crippen LogP contribution < -0.4 is 10.6 Å². The molecule has 1 saturated heterocycles. The maximum Gasteiger partial charge on any atom is 0.416 e. The third-order valence-corrected chi connectivity index (χ3v) is 3.72. The Balaban J connectivity index is 2.25. The molecular formula is C13H17F3N2. The van der Waals surface area contributed by atoms with Gasteiger partial charge in [0.2, 0.25) is 0 Å². The molecule has 0 aromatic heterocycles. The van der Waals surface area contributed by atoms with Crippen LogP contribution in [0.1, 0.15) is 18.9 Å². The number of nitrogens with two attached hydrogens (primary N) is 1. The van der Waals surface area contributed by atoms with Crippen molar-refractivity contribution in [3.05, 3.63) is 29.8 Å². The summed E-state index contributed by atoms with van der Waals surface area (Å²) in [4.78, 5) is 2.01. The minimum atomic E-state index is -4.29. The van der Waals surface area contributed by atoms with Crippen molar-refractivity contribution in [3.8, 4) is 0 Å². The van der Waals surface area contributed by atoms with Gasteiger partial charge in [0.15, 0.2) is 0 Å². The van der Waals surface area contributed by atoms with Gasteiger partial charge in [0, 0.05) is 18.3 Å². The fourth-order valence-corrected chi connectivity index (χ4v) is 2.54. The van der Waals surface area contributed by atoms with Crippen LogP contribution >= 0.6 is 0 Å². The summed E-state index contributed by atoms with van der Waals surface area (Å²) < 4.78 is 38.0. The molecular weight excluding hydrogens is 241 g/mol. The van der Waals surface area contributed by atoms with Crippen LogP contribution in [-0.2, 0) is 6.18 Å². The number of nitrogens with zero attached hydrogens (tertiary/aromatic N) is 1. The Bertz CT molecular complexity index is 417. The van der Waals surface area contributed by atoms with Crippen LogP contribution in [0.25, 0.3) is 0 Å². The van der Waals surface area contributed by atoms with Crippen molar-refractivity contribution in [2.45, 2.75) is 25.6 Å². The third-order valence-electron chi connectivity index (χ3n) is 3.72. The second kappa shape index (κ2) is 4.80. The Morgan fingerprint density at radius 1 is 1.39 bits per heavy atom. The van der Waals surface area contributed by atoms with Gasteiger partial charge in [-0.3, -0.25) is 0 Å². The monoisotopic (exact) mass is 258 g/mol. The molecule has 1 aromatic rings. The lowest BCUT2D eigenvalue weighted by molar-refractivity contribution is -0.137. The zero-order chi connectivity index (χ0) is 13.3. The fourth-order valence-electron chi connectivity index (χ4n) is 2.54. The number of halogens is 3. The second-order valence-corrected chi connectivity index (χ2v) is 4.77. The summed E-state index contributed by atoms with van der Waals surface area (Å²) in [6.07, 6.45) is -3.35. The first kappa shape index (κ1) is 13.2. The van der Waals surface area contributed by atoms with E-state index in [0.717, 1.165) is 19.0 Å². The normalized spacial score (nSPS) is 24.6. The van der Waals surface area contributed by atoms with Gasteiger partial charge < -0.3 is 10.6 Å². The van der Waals surface area contributed by atoms with E-state index in [0.29, 0.717) is 18.2 Å². The van der Waals surface area contributed by atoms with Gasteiger partial charge in [-0.15, -0.1) is 0 Å². The molecule has 0 saturated carbocycles. The van der Waals surface area contributed by atoms with Crippen molar-refractivity contribution >= 4 is 5.69 Å². The van der Waals surface area contributed by atoms with Crippen molar-refractivity contribution in [1.29, 1.82) is 0 Å². The van der Waals surface area contributed by atoms with Gasteiger partial charge in [0.05, 0.1) is 5.56 Å². The average Bonchev–Trinajstić information content (AvgIpc) is 2.69. The van der Waals surface area contributed by atoms with E-state index in [-0.39, 0.29) is 6.04 Å². The highest BCUT2D eigenvalue weighted by Gasteiger charge is 2.33. The zero-order valence-corrected chi connectivity index (χ0v) is 10.2. The average molecular weight is 258 g/mol. The van der Waals surface area contributed by atoms with Crippen molar-refractivity contribution in [1.82, 2.24) is 0 Å². The topological polar surface area (TPSA) is 29.3 Å². The molecule has 0 bridgehead atoms. The minimum Gasteiger partial charge on any atom is -0.368 e. The summed E-state index contributed by atoms with van der Waals surface area (Å²) in [5.41, 5.74) is 5.70. The quantitative estimate of drug-likeness (QED) is 0.883. The summed E-state index contributed by atoms with van der Waals surface area (Å²) in [5, 5.41) is 0. The molecule has 5 heteroatoms. The van der Waals surface area contributed by atoms with E-state index in [1.807, 2.05) is 11.8 Å². The number of benzene rings is 1. The minimum absolute atomic E-state index is 0.193. The number of hydrogen-bond acceptors (Lipinski definition) is 2. The molecule has 0 radical (unpaired) electrons. The number of anilines is 1. The summed E-state index contributed by atoms with van der Waals surface area (Å²) >= 11 is 0. The molecule has 2 N–H and O–H groups in total. The van der Waals surface area contributed by atoms with E-state index in [4.69, 9.17) is 5.73 Å². The van der Waals surface area contributed by atoms with Gasteiger partial charge in [-0.2, -0.15) is 13.2 Å². The van der Waals surface area contributed by atoms with Crippen LogP contribution in [0.4, 0.5) is 18.9 Å². The molecule has 1 aliphatic heterocycles. The molecule has 0 amide bonds. The predicted molar refractivity (Wildman–Crippen MR) is 65.4 cm³/mol. The van der Waals surface area contributed by atoms with Crippen LogP contribution in [0.5, 0.6) is 0 Å². The lowest BCUT2D eigenvalue weighted by Gasteiger charge is -2.27. The smallest absolute Gasteiger partial charge is 0.368 e. The van der Waals surface area contributed by atoms with Crippen LogP contribution in [0.3, 0.4) is 0 Å². The van der Waals surface area contributed by atoms with E-state index in [9.17, 15) is 13.2 Å². The molecule has 18 heavy (non-hydrogen) atoms. The molecule has 1 aliphatic rings. The predicted octanol–water partition coefficient (Wildman–Crippen LogP) is 2.88. The van der Waals surface area contributed by atoms with Gasteiger partial charge >= 0.3 is 6.18 Å². The molecule has 2 nitrogen and oxygen atoms in total. The number of rotatable bonds is 2. The number of hydrogen-bond donors (Lipinski definition) is 1. The highest BCUT2D eigenvalue weighted by Crippen LogP contribution is 2.34. The van der Waals surface area contributed by atoms with E-state index >= 15 is 0 Å². The van der Waals surface area contributed by atoms with E-state index in [1.54, 1.807) is 6.07 Å². The zero-order valence-electron chi connectivity index (χ0n) is 10.2. The molecule has 100 valence electrons. The fraction of sp³-hybridized carbons (Fsp3) is 0.538. The SMILES string of the molecule is CC1C(CN)CCN1c1cccc(C(F)(F)F)c1. The Morgan fingerprint density at radius 2 is 2.11 bits per heavy atom. The summed E-state index contributed by atoms with van der Waals surface area (Å²) in [6, 6.07) is 5.70. The molecule has 1 fully saturated rings. The van der Waals surface area contributed by atoms with E-state index < -0.39 is 11.7 Å². The highest BCUT2D eigenvalue weighted by molar-refractivity contribution is 5.51. The van der Waals surface area contributed by atoms with Crippen molar-refractivity contribution in [2.24, 2.45) is 11.7 Å². The van der Waals surface area contributed by atoms with E-state index in [1.165, 1.54) is 12.1 Å². The largest absolute Gasteiger partial charge is 0.416 e. The highest BCUT2D eigenvalue weighted by atomic mass is 19.4. The molecule has 1 aromatic carbocycles. The molecule has 2 unspecified atom stereocenters. The van der Waals surface area contributed by atoms with Crippen LogP contribution in [0, 0.1) is 5.92 Å². The molecule has 0 spiro atoms. The molecule has 2 atom stereocenters. The lowest BCUT2D eigenvalue weighted by Crippen LogP contribution is -2.32. The van der Waals surface area contributed by atoms with Gasteiger partial charge in [0.1, 0.15) is 0 Å². The van der Waals surface area contributed by atoms with Crippen LogP contribution in [-0.4, -0.2) is 19.1 Å². The Morgan fingerprint density at radius 3 is 2.67 bits per heavy atom. The Hall–Kier alpha value is -1.23. The van der Waals surface area contributed by atoms with Gasteiger partial charge in [0.25, 0.3) is 0 Å². The Labute approximate surface area is 105 Å². The molecule has 1 heterocycles. The maximum absolute atomic E-state index is 12.7. The third kappa shape index (κ3) is 2.46. The van der Waals surface area contributed by atoms with Gasteiger partial charge in [-0.05, 0) is 44.0 Å². The van der Waals surface area contributed by atoms with Crippen molar-refractivity contribution < 1.29 is 13.2 Å².